The molecule has 0 unspecified atom stereocenters. The molecule has 0 saturated carbocycles. The third kappa shape index (κ3) is 2.39. The van der Waals surface area contributed by atoms with Crippen LogP contribution in [0.15, 0.2) is 24.3 Å². The third-order valence-corrected chi connectivity index (χ3v) is 3.44. The SMILES string of the molecule is O=C(c1cc2cc(F)ccc2[nH]1)N1CCO[C@H](CO)C1. The molecule has 5 nitrogen and oxygen atoms in total. The first-order valence-electron chi connectivity index (χ1n) is 6.47. The second-order valence-electron chi connectivity index (χ2n) is 4.84. The lowest BCUT2D eigenvalue weighted by Crippen LogP contribution is -2.47. The van der Waals surface area contributed by atoms with E-state index in [2.05, 4.69) is 4.98 Å². The van der Waals surface area contributed by atoms with Gasteiger partial charge in [0.05, 0.1) is 19.3 Å². The average Bonchev–Trinajstić information content (AvgIpc) is 2.89. The number of carbonyl (C=O) groups is 1. The molecule has 106 valence electrons. The van der Waals surface area contributed by atoms with Crippen LogP contribution in [0.25, 0.3) is 10.9 Å². The molecule has 0 bridgehead atoms. The summed E-state index contributed by atoms with van der Waals surface area (Å²) >= 11 is 0. The van der Waals surface area contributed by atoms with Crippen LogP contribution in [0.4, 0.5) is 4.39 Å². The lowest BCUT2D eigenvalue weighted by molar-refractivity contribution is -0.0448. The Hall–Kier alpha value is -1.92. The second-order valence-corrected chi connectivity index (χ2v) is 4.84. The molecule has 0 aliphatic carbocycles. The molecular weight excluding hydrogens is 263 g/mol. The molecule has 1 aromatic heterocycles. The standard InChI is InChI=1S/C14H15FN2O3/c15-10-1-2-12-9(5-10)6-13(16-12)14(19)17-3-4-20-11(7-17)8-18/h1-2,5-6,11,16,18H,3-4,7-8H2/t11-/m0/s1. The zero-order valence-electron chi connectivity index (χ0n) is 10.8. The van der Waals surface area contributed by atoms with E-state index in [1.807, 2.05) is 0 Å². The predicted molar refractivity (Wildman–Crippen MR) is 71.0 cm³/mol. The summed E-state index contributed by atoms with van der Waals surface area (Å²) in [7, 11) is 0. The number of aromatic amines is 1. The number of amides is 1. The van der Waals surface area contributed by atoms with Gasteiger partial charge in [-0.05, 0) is 24.3 Å². The first-order valence-corrected chi connectivity index (χ1v) is 6.47. The topological polar surface area (TPSA) is 65.6 Å². The highest BCUT2D eigenvalue weighted by atomic mass is 19.1. The predicted octanol–water partition coefficient (Wildman–Crippen LogP) is 1.14. The summed E-state index contributed by atoms with van der Waals surface area (Å²) in [6.07, 6.45) is -0.338. The highest BCUT2D eigenvalue weighted by Crippen LogP contribution is 2.18. The molecule has 1 fully saturated rings. The van der Waals surface area contributed by atoms with Crippen molar-refractivity contribution >= 4 is 16.8 Å². The molecule has 3 rings (SSSR count). The van der Waals surface area contributed by atoms with Crippen LogP contribution in [0.2, 0.25) is 0 Å². The van der Waals surface area contributed by atoms with Crippen molar-refractivity contribution in [3.05, 3.63) is 35.8 Å². The summed E-state index contributed by atoms with van der Waals surface area (Å²) in [6, 6.07) is 5.99. The molecule has 1 saturated heterocycles. The number of H-pyrrole nitrogens is 1. The van der Waals surface area contributed by atoms with E-state index < -0.39 is 0 Å². The summed E-state index contributed by atoms with van der Waals surface area (Å²) in [5.41, 5.74) is 1.14. The third-order valence-electron chi connectivity index (χ3n) is 3.44. The number of rotatable bonds is 2. The smallest absolute Gasteiger partial charge is 0.270 e. The van der Waals surface area contributed by atoms with Gasteiger partial charge >= 0.3 is 0 Å². The van der Waals surface area contributed by atoms with Crippen LogP contribution in [-0.4, -0.2) is 53.3 Å². The van der Waals surface area contributed by atoms with Crippen LogP contribution < -0.4 is 0 Å². The van der Waals surface area contributed by atoms with Crippen LogP contribution in [0.3, 0.4) is 0 Å². The van der Waals surface area contributed by atoms with Crippen LogP contribution in [-0.2, 0) is 4.74 Å². The quantitative estimate of drug-likeness (QED) is 0.865. The van der Waals surface area contributed by atoms with Gasteiger partial charge in [-0.25, -0.2) is 4.39 Å². The van der Waals surface area contributed by atoms with E-state index in [0.717, 1.165) is 5.52 Å². The maximum atomic E-state index is 13.1. The van der Waals surface area contributed by atoms with Gasteiger partial charge in [-0.2, -0.15) is 0 Å². The van der Waals surface area contributed by atoms with Crippen LogP contribution in [0.1, 0.15) is 10.5 Å². The molecule has 1 aliphatic heterocycles. The molecule has 20 heavy (non-hydrogen) atoms. The molecule has 1 aliphatic rings. The Balaban J connectivity index is 1.84. The number of carbonyl (C=O) groups excluding carboxylic acids is 1. The minimum atomic E-state index is -0.338. The number of aliphatic hydroxyl groups excluding tert-OH is 1. The fourth-order valence-corrected chi connectivity index (χ4v) is 2.40. The van der Waals surface area contributed by atoms with E-state index in [4.69, 9.17) is 9.84 Å². The fraction of sp³-hybridized carbons (Fsp3) is 0.357. The summed E-state index contributed by atoms with van der Waals surface area (Å²) in [4.78, 5) is 17.0. The van der Waals surface area contributed by atoms with Crippen molar-refractivity contribution in [1.29, 1.82) is 0 Å². The second kappa shape index (κ2) is 5.22. The van der Waals surface area contributed by atoms with Gasteiger partial charge in [-0.3, -0.25) is 4.79 Å². The average molecular weight is 278 g/mol. The molecule has 1 amide bonds. The molecule has 1 aromatic carbocycles. The number of aromatic nitrogens is 1. The Kier molecular flexibility index (Phi) is 3.42. The summed E-state index contributed by atoms with van der Waals surface area (Å²) in [5, 5.41) is 9.76. The Labute approximate surface area is 115 Å². The van der Waals surface area contributed by atoms with Crippen molar-refractivity contribution < 1.29 is 19.0 Å². The van der Waals surface area contributed by atoms with E-state index in [-0.39, 0.29) is 24.4 Å². The lowest BCUT2D eigenvalue weighted by Gasteiger charge is -2.31. The Bertz CT molecular complexity index is 640. The van der Waals surface area contributed by atoms with E-state index in [0.29, 0.717) is 30.8 Å². The summed E-state index contributed by atoms with van der Waals surface area (Å²) in [5.74, 6) is -0.495. The van der Waals surface area contributed by atoms with Gasteiger partial charge in [0.1, 0.15) is 11.5 Å². The minimum Gasteiger partial charge on any atom is -0.394 e. The number of hydrogen-bond acceptors (Lipinski definition) is 3. The Morgan fingerprint density at radius 2 is 2.35 bits per heavy atom. The van der Waals surface area contributed by atoms with Crippen molar-refractivity contribution in [3.63, 3.8) is 0 Å². The number of nitrogens with one attached hydrogen (secondary N) is 1. The van der Waals surface area contributed by atoms with Crippen molar-refractivity contribution in [2.45, 2.75) is 6.10 Å². The molecule has 2 heterocycles. The highest BCUT2D eigenvalue weighted by molar-refractivity contribution is 5.98. The number of halogens is 1. The van der Waals surface area contributed by atoms with Gasteiger partial charge in [-0.15, -0.1) is 0 Å². The largest absolute Gasteiger partial charge is 0.394 e. The first-order chi connectivity index (χ1) is 9.67. The maximum Gasteiger partial charge on any atom is 0.270 e. The number of fused-ring (bicyclic) bond motifs is 1. The van der Waals surface area contributed by atoms with E-state index in [1.54, 1.807) is 17.0 Å². The number of ether oxygens (including phenoxy) is 1. The van der Waals surface area contributed by atoms with Gasteiger partial charge < -0.3 is 19.7 Å². The number of nitrogens with zero attached hydrogens (tertiary/aromatic N) is 1. The zero-order valence-corrected chi connectivity index (χ0v) is 10.8. The Morgan fingerprint density at radius 3 is 3.15 bits per heavy atom. The number of hydrogen-bond donors (Lipinski definition) is 2. The maximum absolute atomic E-state index is 13.1. The van der Waals surface area contributed by atoms with E-state index in [9.17, 15) is 9.18 Å². The van der Waals surface area contributed by atoms with Crippen LogP contribution in [0, 0.1) is 5.82 Å². The molecule has 2 N–H and O–H groups in total. The number of benzene rings is 1. The number of aliphatic hydroxyl groups is 1. The van der Waals surface area contributed by atoms with Crippen molar-refractivity contribution in [3.8, 4) is 0 Å². The minimum absolute atomic E-state index is 0.109. The molecule has 2 aromatic rings. The lowest BCUT2D eigenvalue weighted by atomic mass is 10.2. The molecule has 0 radical (unpaired) electrons. The zero-order chi connectivity index (χ0) is 14.1. The van der Waals surface area contributed by atoms with Gasteiger partial charge in [0.2, 0.25) is 0 Å². The van der Waals surface area contributed by atoms with Gasteiger partial charge in [0, 0.05) is 24.0 Å². The van der Waals surface area contributed by atoms with Gasteiger partial charge in [-0.1, -0.05) is 0 Å². The van der Waals surface area contributed by atoms with Gasteiger partial charge in [0.15, 0.2) is 0 Å². The van der Waals surface area contributed by atoms with Gasteiger partial charge in [0.25, 0.3) is 5.91 Å². The van der Waals surface area contributed by atoms with Crippen molar-refractivity contribution in [2.24, 2.45) is 0 Å². The van der Waals surface area contributed by atoms with E-state index >= 15 is 0 Å². The first kappa shape index (κ1) is 13.1. The monoisotopic (exact) mass is 278 g/mol. The number of morpholine rings is 1. The van der Waals surface area contributed by atoms with Crippen LogP contribution >= 0.6 is 0 Å². The van der Waals surface area contributed by atoms with E-state index in [1.165, 1.54) is 12.1 Å². The molecule has 6 heteroatoms. The molecular formula is C14H15FN2O3. The van der Waals surface area contributed by atoms with Crippen LogP contribution in [0.5, 0.6) is 0 Å². The highest BCUT2D eigenvalue weighted by Gasteiger charge is 2.25. The fourth-order valence-electron chi connectivity index (χ4n) is 2.40. The Morgan fingerprint density at radius 1 is 1.50 bits per heavy atom. The summed E-state index contributed by atoms with van der Waals surface area (Å²) < 4.78 is 18.5. The summed E-state index contributed by atoms with van der Waals surface area (Å²) in [6.45, 7) is 1.14. The van der Waals surface area contributed by atoms with Crippen molar-refractivity contribution in [1.82, 2.24) is 9.88 Å². The van der Waals surface area contributed by atoms with Crippen molar-refractivity contribution in [2.75, 3.05) is 26.3 Å². The molecule has 1 atom stereocenters. The normalized spacial score (nSPS) is 19.5. The molecule has 0 spiro atoms.